The Bertz CT molecular complexity index is 493. The molecule has 0 aliphatic rings. The van der Waals surface area contributed by atoms with Crippen LogP contribution in [0.25, 0.3) is 0 Å². The van der Waals surface area contributed by atoms with E-state index in [4.69, 9.17) is 9.47 Å². The summed E-state index contributed by atoms with van der Waals surface area (Å²) in [7, 11) is 1.53. The minimum atomic E-state index is -0.763. The summed E-state index contributed by atoms with van der Waals surface area (Å²) in [5, 5.41) is 13.3. The molecular weight excluding hydrogens is 276 g/mol. The molecular formula is C14H20N2O5. The van der Waals surface area contributed by atoms with Crippen LogP contribution in [0.2, 0.25) is 0 Å². The number of hydrogen-bond donors (Lipinski definition) is 1. The first kappa shape index (κ1) is 16.7. The maximum absolute atomic E-state index is 11.8. The first-order chi connectivity index (χ1) is 9.71. The average Bonchev–Trinajstić information content (AvgIpc) is 2.35. The molecule has 0 unspecified atom stereocenters. The lowest BCUT2D eigenvalue weighted by molar-refractivity contribution is -0.484. The van der Waals surface area contributed by atoms with E-state index < -0.39 is 29.2 Å². The number of nitrogens with zero attached hydrogens (tertiary/aromatic N) is 1. The van der Waals surface area contributed by atoms with Gasteiger partial charge in [-0.2, -0.15) is 0 Å². The van der Waals surface area contributed by atoms with Gasteiger partial charge in [-0.15, -0.1) is 0 Å². The maximum atomic E-state index is 11.8. The molecule has 1 N–H and O–H groups in total. The van der Waals surface area contributed by atoms with E-state index in [2.05, 4.69) is 5.32 Å². The van der Waals surface area contributed by atoms with Crippen molar-refractivity contribution in [2.45, 2.75) is 32.4 Å². The zero-order valence-electron chi connectivity index (χ0n) is 12.6. The third-order valence-corrected chi connectivity index (χ3v) is 2.54. The van der Waals surface area contributed by atoms with Crippen LogP contribution in [0.4, 0.5) is 4.79 Å². The lowest BCUT2D eigenvalue weighted by atomic mass is 10.1. The Balaban J connectivity index is 2.84. The number of alkyl carbamates (subject to hydrolysis) is 1. The van der Waals surface area contributed by atoms with Crippen LogP contribution in [-0.4, -0.2) is 30.3 Å². The predicted molar refractivity (Wildman–Crippen MR) is 77.0 cm³/mol. The van der Waals surface area contributed by atoms with Gasteiger partial charge in [0.1, 0.15) is 17.4 Å². The van der Waals surface area contributed by atoms with Gasteiger partial charge in [0, 0.05) is 4.92 Å². The second-order valence-electron chi connectivity index (χ2n) is 5.49. The van der Waals surface area contributed by atoms with Crippen molar-refractivity contribution >= 4 is 6.09 Å². The van der Waals surface area contributed by atoms with Crippen molar-refractivity contribution in [1.82, 2.24) is 5.32 Å². The SMILES string of the molecule is COc1ccc([C@H](C[N+](=O)[O-])NC(=O)OC(C)(C)C)cc1. The number of ether oxygens (including phenoxy) is 2. The van der Waals surface area contributed by atoms with Gasteiger partial charge in [-0.1, -0.05) is 12.1 Å². The monoisotopic (exact) mass is 296 g/mol. The molecule has 0 radical (unpaired) electrons. The van der Waals surface area contributed by atoms with Gasteiger partial charge in [-0.25, -0.2) is 4.79 Å². The quantitative estimate of drug-likeness (QED) is 0.666. The second-order valence-corrected chi connectivity index (χ2v) is 5.49. The molecule has 1 atom stereocenters. The van der Waals surface area contributed by atoms with Crippen LogP contribution >= 0.6 is 0 Å². The summed E-state index contributed by atoms with van der Waals surface area (Å²) in [6.45, 7) is 4.75. The molecule has 0 spiro atoms. The third kappa shape index (κ3) is 6.11. The van der Waals surface area contributed by atoms with Crippen molar-refractivity contribution in [1.29, 1.82) is 0 Å². The van der Waals surface area contributed by atoms with E-state index >= 15 is 0 Å². The standard InChI is InChI=1S/C14H20N2O5/c1-14(2,3)21-13(17)15-12(9-16(18)19)10-5-7-11(20-4)8-6-10/h5-8,12H,9H2,1-4H3,(H,15,17)/t12-/m0/s1. The summed E-state index contributed by atoms with van der Waals surface area (Å²) in [5.41, 5.74) is -0.0539. The summed E-state index contributed by atoms with van der Waals surface area (Å²) in [6.07, 6.45) is -0.690. The second kappa shape index (κ2) is 6.92. The van der Waals surface area contributed by atoms with Crippen LogP contribution < -0.4 is 10.1 Å². The molecule has 0 saturated heterocycles. The molecule has 7 nitrogen and oxygen atoms in total. The van der Waals surface area contributed by atoms with Crippen molar-refractivity contribution in [3.05, 3.63) is 39.9 Å². The fourth-order valence-electron chi connectivity index (χ4n) is 1.67. The van der Waals surface area contributed by atoms with Crippen LogP contribution in [-0.2, 0) is 4.74 Å². The predicted octanol–water partition coefficient (Wildman–Crippen LogP) is 2.54. The van der Waals surface area contributed by atoms with Gasteiger partial charge >= 0.3 is 6.09 Å². The fraction of sp³-hybridized carbons (Fsp3) is 0.500. The molecule has 0 aliphatic carbocycles. The third-order valence-electron chi connectivity index (χ3n) is 2.54. The van der Waals surface area contributed by atoms with E-state index in [1.165, 1.54) is 7.11 Å². The Kier molecular flexibility index (Phi) is 5.52. The van der Waals surface area contributed by atoms with Crippen molar-refractivity contribution < 1.29 is 19.2 Å². The van der Waals surface area contributed by atoms with Gasteiger partial charge in [0.15, 0.2) is 0 Å². The highest BCUT2D eigenvalue weighted by molar-refractivity contribution is 5.68. The number of nitrogens with one attached hydrogen (secondary N) is 1. The van der Waals surface area contributed by atoms with Crippen molar-refractivity contribution in [2.24, 2.45) is 0 Å². The normalized spacial score (nSPS) is 12.4. The van der Waals surface area contributed by atoms with E-state index in [0.717, 1.165) is 0 Å². The number of amides is 1. The largest absolute Gasteiger partial charge is 0.497 e. The molecule has 0 heterocycles. The number of carbonyl (C=O) groups is 1. The summed E-state index contributed by atoms with van der Waals surface area (Å²) in [5.74, 6) is 0.635. The number of carbonyl (C=O) groups excluding carboxylic acids is 1. The highest BCUT2D eigenvalue weighted by Crippen LogP contribution is 2.19. The number of rotatable bonds is 5. The van der Waals surface area contributed by atoms with Crippen LogP contribution in [0.15, 0.2) is 24.3 Å². The minimum absolute atomic E-state index is 0.425. The van der Waals surface area contributed by atoms with Gasteiger partial charge < -0.3 is 14.8 Å². The molecule has 0 aliphatic heterocycles. The topological polar surface area (TPSA) is 90.7 Å². The van der Waals surface area contributed by atoms with Gasteiger partial charge in [0.2, 0.25) is 6.54 Å². The Labute approximate surface area is 123 Å². The highest BCUT2D eigenvalue weighted by atomic mass is 16.6. The van der Waals surface area contributed by atoms with Gasteiger partial charge in [-0.3, -0.25) is 10.1 Å². The van der Waals surface area contributed by atoms with E-state index in [1.807, 2.05) is 0 Å². The molecule has 1 aromatic carbocycles. The van der Waals surface area contributed by atoms with Gasteiger partial charge in [0.25, 0.3) is 0 Å². The number of methoxy groups -OCH3 is 1. The Morgan fingerprint density at radius 1 is 1.33 bits per heavy atom. The van der Waals surface area contributed by atoms with Crippen LogP contribution in [0.3, 0.4) is 0 Å². The van der Waals surface area contributed by atoms with E-state index in [-0.39, 0.29) is 0 Å². The highest BCUT2D eigenvalue weighted by Gasteiger charge is 2.23. The molecule has 1 aromatic rings. The molecule has 116 valence electrons. The summed E-state index contributed by atoms with van der Waals surface area (Å²) in [4.78, 5) is 22.0. The smallest absolute Gasteiger partial charge is 0.408 e. The van der Waals surface area contributed by atoms with E-state index in [0.29, 0.717) is 11.3 Å². The number of benzene rings is 1. The van der Waals surface area contributed by atoms with Crippen molar-refractivity contribution in [3.63, 3.8) is 0 Å². The Hall–Kier alpha value is -2.31. The Morgan fingerprint density at radius 3 is 2.33 bits per heavy atom. The van der Waals surface area contributed by atoms with Gasteiger partial charge in [0.05, 0.1) is 7.11 Å². The van der Waals surface area contributed by atoms with Crippen molar-refractivity contribution in [3.8, 4) is 5.75 Å². The zero-order valence-corrected chi connectivity index (χ0v) is 12.6. The lowest BCUT2D eigenvalue weighted by Gasteiger charge is -2.22. The Morgan fingerprint density at radius 2 is 1.90 bits per heavy atom. The molecule has 1 amide bonds. The van der Waals surface area contributed by atoms with Crippen LogP contribution in [0.5, 0.6) is 5.75 Å². The van der Waals surface area contributed by atoms with Crippen LogP contribution in [0, 0.1) is 10.1 Å². The maximum Gasteiger partial charge on any atom is 0.408 e. The summed E-state index contributed by atoms with van der Waals surface area (Å²) >= 11 is 0. The zero-order chi connectivity index (χ0) is 16.0. The van der Waals surface area contributed by atoms with Crippen molar-refractivity contribution in [2.75, 3.05) is 13.7 Å². The molecule has 0 aromatic heterocycles. The molecule has 0 bridgehead atoms. The number of hydrogen-bond acceptors (Lipinski definition) is 5. The molecule has 0 saturated carbocycles. The average molecular weight is 296 g/mol. The van der Waals surface area contributed by atoms with Crippen LogP contribution in [0.1, 0.15) is 32.4 Å². The van der Waals surface area contributed by atoms with Gasteiger partial charge in [-0.05, 0) is 38.5 Å². The summed E-state index contributed by atoms with van der Waals surface area (Å²) < 4.78 is 10.1. The molecule has 0 fully saturated rings. The molecule has 21 heavy (non-hydrogen) atoms. The van der Waals surface area contributed by atoms with E-state index in [1.54, 1.807) is 45.0 Å². The van der Waals surface area contributed by atoms with E-state index in [9.17, 15) is 14.9 Å². The lowest BCUT2D eigenvalue weighted by Crippen LogP contribution is -2.37. The molecule has 1 rings (SSSR count). The first-order valence-electron chi connectivity index (χ1n) is 6.46. The number of nitro groups is 1. The summed E-state index contributed by atoms with van der Waals surface area (Å²) in [6, 6.07) is 5.94. The first-order valence-corrected chi connectivity index (χ1v) is 6.46. The minimum Gasteiger partial charge on any atom is -0.497 e. The fourth-order valence-corrected chi connectivity index (χ4v) is 1.67. The molecule has 7 heteroatoms.